The predicted octanol–water partition coefficient (Wildman–Crippen LogP) is 5.12. The molecule has 5 aliphatic carbocycles. The Balaban J connectivity index is 1.24. The van der Waals surface area contributed by atoms with E-state index in [4.69, 9.17) is 0 Å². The van der Waals surface area contributed by atoms with Crippen molar-refractivity contribution in [1.29, 1.82) is 0 Å². The van der Waals surface area contributed by atoms with Crippen molar-refractivity contribution in [2.45, 2.75) is 90.1 Å². The lowest BCUT2D eigenvalue weighted by atomic mass is 9.47. The summed E-state index contributed by atoms with van der Waals surface area (Å²) in [6.45, 7) is 6.47. The summed E-state index contributed by atoms with van der Waals surface area (Å²) in [5, 5.41) is 0. The van der Waals surface area contributed by atoms with Crippen LogP contribution in [0.2, 0.25) is 0 Å². The molecule has 1 aliphatic heterocycles. The molecule has 0 aromatic rings. The summed E-state index contributed by atoms with van der Waals surface area (Å²) in [5.41, 5.74) is 2.75. The molecule has 1 amide bonds. The van der Waals surface area contributed by atoms with Crippen molar-refractivity contribution in [3.05, 3.63) is 11.6 Å². The summed E-state index contributed by atoms with van der Waals surface area (Å²) < 4.78 is 0. The van der Waals surface area contributed by atoms with Gasteiger partial charge in [0.2, 0.25) is 5.91 Å². The second-order valence-corrected chi connectivity index (χ2v) is 12.5. The molecule has 1 saturated heterocycles. The van der Waals surface area contributed by atoms with Crippen LogP contribution in [-0.2, 0) is 4.79 Å². The van der Waals surface area contributed by atoms with Crippen LogP contribution in [0.15, 0.2) is 11.6 Å². The van der Waals surface area contributed by atoms with Crippen molar-refractivity contribution >= 4 is 5.91 Å². The molecule has 30 heavy (non-hydrogen) atoms. The van der Waals surface area contributed by atoms with E-state index >= 15 is 0 Å². The molecule has 0 radical (unpaired) electrons. The lowest BCUT2D eigenvalue weighted by molar-refractivity contribution is -0.134. The monoisotopic (exact) mass is 410 g/mol. The highest BCUT2D eigenvalue weighted by molar-refractivity contribution is 5.81. The molecule has 8 atom stereocenters. The molecule has 6 rings (SSSR count). The van der Waals surface area contributed by atoms with Gasteiger partial charge in [0.15, 0.2) is 0 Å². The van der Waals surface area contributed by atoms with Gasteiger partial charge in [-0.15, -0.1) is 0 Å². The summed E-state index contributed by atoms with van der Waals surface area (Å²) in [6.07, 6.45) is 15.8. The maximum atomic E-state index is 12.7. The fraction of sp³-hybridized carbons (Fsp3) is 0.889. The van der Waals surface area contributed by atoms with Gasteiger partial charge in [-0.25, -0.2) is 0 Å². The molecule has 0 bridgehead atoms. The van der Waals surface area contributed by atoms with E-state index < -0.39 is 0 Å². The molecule has 3 heteroatoms. The van der Waals surface area contributed by atoms with Gasteiger partial charge >= 0.3 is 0 Å². The minimum Gasteiger partial charge on any atom is -0.342 e. The predicted molar refractivity (Wildman–Crippen MR) is 121 cm³/mol. The Bertz CT molecular complexity index is 771. The summed E-state index contributed by atoms with van der Waals surface area (Å²) in [6, 6.07) is 1.23. The maximum absolute atomic E-state index is 12.7. The Kier molecular flexibility index (Phi) is 4.36. The number of allylic oxidation sites excluding steroid dienone is 1. The van der Waals surface area contributed by atoms with Gasteiger partial charge in [0.1, 0.15) is 0 Å². The average Bonchev–Trinajstić information content (AvgIpc) is 3.47. The Morgan fingerprint density at radius 2 is 1.83 bits per heavy atom. The number of likely N-dealkylation sites (tertiary alicyclic amines) is 1. The SMILES string of the molecule is CC1C2CCC3C4CC=C5CC(N(C)C(=O)C6CC6)CCC5(C)C4CCC32CN1C. The Morgan fingerprint density at radius 1 is 1.07 bits per heavy atom. The van der Waals surface area contributed by atoms with Gasteiger partial charge in [-0.1, -0.05) is 18.6 Å². The van der Waals surface area contributed by atoms with Crippen LogP contribution in [0.25, 0.3) is 0 Å². The molecular formula is C27H42N2O. The van der Waals surface area contributed by atoms with Gasteiger partial charge in [0.25, 0.3) is 0 Å². The number of fused-ring (bicyclic) bond motifs is 4. The second-order valence-electron chi connectivity index (χ2n) is 12.5. The average molecular weight is 411 g/mol. The zero-order valence-corrected chi connectivity index (χ0v) is 19.7. The van der Waals surface area contributed by atoms with Gasteiger partial charge in [0.05, 0.1) is 0 Å². The van der Waals surface area contributed by atoms with Gasteiger partial charge < -0.3 is 9.80 Å². The molecule has 5 fully saturated rings. The molecule has 3 nitrogen and oxygen atoms in total. The highest BCUT2D eigenvalue weighted by Crippen LogP contribution is 2.68. The minimum atomic E-state index is 0.352. The Labute approximate surface area is 183 Å². The first kappa shape index (κ1) is 19.8. The zero-order valence-electron chi connectivity index (χ0n) is 19.7. The van der Waals surface area contributed by atoms with Gasteiger partial charge in [-0.2, -0.15) is 0 Å². The van der Waals surface area contributed by atoms with E-state index in [1.807, 2.05) is 0 Å². The molecule has 1 heterocycles. The first-order valence-corrected chi connectivity index (χ1v) is 13.0. The van der Waals surface area contributed by atoms with E-state index in [-0.39, 0.29) is 0 Å². The van der Waals surface area contributed by atoms with Crippen LogP contribution >= 0.6 is 0 Å². The van der Waals surface area contributed by atoms with Gasteiger partial charge in [-0.05, 0) is 113 Å². The summed E-state index contributed by atoms with van der Waals surface area (Å²) in [7, 11) is 4.46. The number of nitrogens with zero attached hydrogens (tertiary/aromatic N) is 2. The molecule has 1 spiro atoms. The lowest BCUT2D eigenvalue weighted by Crippen LogP contribution is -2.53. The Hall–Kier alpha value is -0.830. The van der Waals surface area contributed by atoms with Crippen LogP contribution < -0.4 is 0 Å². The van der Waals surface area contributed by atoms with E-state index in [0.717, 1.165) is 49.0 Å². The first-order valence-electron chi connectivity index (χ1n) is 13.0. The molecule has 0 aromatic heterocycles. The zero-order chi connectivity index (χ0) is 20.8. The molecule has 0 N–H and O–H groups in total. The van der Waals surface area contributed by atoms with Crippen molar-refractivity contribution in [3.8, 4) is 0 Å². The van der Waals surface area contributed by atoms with Crippen LogP contribution in [-0.4, -0.2) is 48.4 Å². The lowest BCUT2D eigenvalue weighted by Gasteiger charge is -2.58. The highest BCUT2D eigenvalue weighted by Gasteiger charge is 2.64. The van der Waals surface area contributed by atoms with Crippen molar-refractivity contribution in [2.24, 2.45) is 40.4 Å². The molecule has 4 saturated carbocycles. The van der Waals surface area contributed by atoms with E-state index in [9.17, 15) is 4.79 Å². The number of hydrogen-bond acceptors (Lipinski definition) is 2. The largest absolute Gasteiger partial charge is 0.342 e. The van der Waals surface area contributed by atoms with Crippen LogP contribution in [0.4, 0.5) is 0 Å². The topological polar surface area (TPSA) is 23.6 Å². The van der Waals surface area contributed by atoms with Crippen LogP contribution in [0.3, 0.4) is 0 Å². The minimum absolute atomic E-state index is 0.352. The molecule has 8 unspecified atom stereocenters. The van der Waals surface area contributed by atoms with Crippen molar-refractivity contribution in [3.63, 3.8) is 0 Å². The van der Waals surface area contributed by atoms with Gasteiger partial charge in [0, 0.05) is 31.6 Å². The first-order chi connectivity index (χ1) is 14.3. The molecule has 0 aromatic carbocycles. The number of carbonyl (C=O) groups excluding carboxylic acids is 1. The third-order valence-electron chi connectivity index (χ3n) is 11.5. The standard InChI is InChI=1S/C27H42N2O/c1-17-22-9-10-24-21-8-7-19-15-20(29(4)25(30)18-5-6-18)11-13-26(19,2)23(21)12-14-27(22,24)16-28(17)3/h7,17-18,20-24H,5-6,8-16H2,1-4H3. The smallest absolute Gasteiger partial charge is 0.225 e. The maximum Gasteiger partial charge on any atom is 0.225 e. The summed E-state index contributed by atoms with van der Waals surface area (Å²) in [5.74, 6) is 4.49. The third-order valence-corrected chi connectivity index (χ3v) is 11.5. The molecule has 6 aliphatic rings. The fourth-order valence-corrected chi connectivity index (χ4v) is 9.57. The van der Waals surface area contributed by atoms with Gasteiger partial charge in [-0.3, -0.25) is 4.79 Å². The summed E-state index contributed by atoms with van der Waals surface area (Å²) in [4.78, 5) is 17.5. The third kappa shape index (κ3) is 2.57. The van der Waals surface area contributed by atoms with Crippen LogP contribution in [0.5, 0.6) is 0 Å². The highest BCUT2D eigenvalue weighted by atomic mass is 16.2. The molecular weight excluding hydrogens is 368 g/mol. The number of amides is 1. The van der Waals surface area contributed by atoms with E-state index in [1.165, 1.54) is 51.5 Å². The number of carbonyl (C=O) groups is 1. The number of rotatable bonds is 2. The fourth-order valence-electron chi connectivity index (χ4n) is 9.57. The molecule has 166 valence electrons. The van der Waals surface area contributed by atoms with Crippen molar-refractivity contribution < 1.29 is 4.79 Å². The van der Waals surface area contributed by atoms with E-state index in [0.29, 0.717) is 28.7 Å². The quantitative estimate of drug-likeness (QED) is 0.590. The van der Waals surface area contributed by atoms with Crippen molar-refractivity contribution in [2.75, 3.05) is 20.6 Å². The Morgan fingerprint density at radius 3 is 2.60 bits per heavy atom. The number of hydrogen-bond donors (Lipinski definition) is 0. The van der Waals surface area contributed by atoms with E-state index in [2.05, 4.69) is 43.8 Å². The van der Waals surface area contributed by atoms with E-state index in [1.54, 1.807) is 5.57 Å². The van der Waals surface area contributed by atoms with Crippen molar-refractivity contribution in [1.82, 2.24) is 9.80 Å². The van der Waals surface area contributed by atoms with Crippen LogP contribution in [0, 0.1) is 40.4 Å². The van der Waals surface area contributed by atoms with Crippen LogP contribution in [0.1, 0.15) is 78.1 Å². The normalized spacial score (nSPS) is 50.2. The second kappa shape index (κ2) is 6.59. The summed E-state index contributed by atoms with van der Waals surface area (Å²) >= 11 is 0.